The molecule has 2 rings (SSSR count). The van der Waals surface area contributed by atoms with Crippen LogP contribution in [0.25, 0.3) is 0 Å². The second-order valence-corrected chi connectivity index (χ2v) is 8.46. The third-order valence-electron chi connectivity index (χ3n) is 4.58. The van der Waals surface area contributed by atoms with Crippen molar-refractivity contribution in [2.75, 3.05) is 6.54 Å². The van der Waals surface area contributed by atoms with E-state index in [1.165, 1.54) is 0 Å². The molecule has 138 valence electrons. The van der Waals surface area contributed by atoms with Crippen LogP contribution in [-0.2, 0) is 9.53 Å². The number of amides is 2. The molecular formula is C20H30N2O3. The summed E-state index contributed by atoms with van der Waals surface area (Å²) in [5.74, 6) is -0.135. The highest BCUT2D eigenvalue weighted by Gasteiger charge is 2.48. The molecule has 1 heterocycles. The predicted molar refractivity (Wildman–Crippen MR) is 98.1 cm³/mol. The van der Waals surface area contributed by atoms with Crippen molar-refractivity contribution in [3.8, 4) is 0 Å². The maximum absolute atomic E-state index is 13.0. The first-order valence-electron chi connectivity index (χ1n) is 8.86. The van der Waals surface area contributed by atoms with Crippen molar-refractivity contribution in [2.24, 2.45) is 5.41 Å². The number of ether oxygens (including phenoxy) is 1. The Kier molecular flexibility index (Phi) is 5.45. The molecule has 2 amide bonds. The van der Waals surface area contributed by atoms with Crippen LogP contribution in [0.2, 0.25) is 0 Å². The molecule has 0 bridgehead atoms. The van der Waals surface area contributed by atoms with E-state index >= 15 is 0 Å². The lowest BCUT2D eigenvalue weighted by Gasteiger charge is -2.33. The largest absolute Gasteiger partial charge is 0.444 e. The summed E-state index contributed by atoms with van der Waals surface area (Å²) >= 11 is 0. The zero-order chi connectivity index (χ0) is 18.8. The van der Waals surface area contributed by atoms with Crippen molar-refractivity contribution in [3.05, 3.63) is 35.9 Å². The van der Waals surface area contributed by atoms with Crippen LogP contribution in [0, 0.1) is 5.41 Å². The number of likely N-dealkylation sites (tertiary alicyclic amines) is 1. The van der Waals surface area contributed by atoms with E-state index < -0.39 is 17.7 Å². The molecule has 0 saturated carbocycles. The average molecular weight is 346 g/mol. The van der Waals surface area contributed by atoms with E-state index in [9.17, 15) is 9.59 Å². The van der Waals surface area contributed by atoms with Crippen LogP contribution >= 0.6 is 0 Å². The SMILES string of the molecule is C[C@H](NC(=O)[C@H]1N(C(=O)OC(C)(C)C)CCC1(C)C)c1ccccc1. The highest BCUT2D eigenvalue weighted by atomic mass is 16.6. The second-order valence-electron chi connectivity index (χ2n) is 8.46. The van der Waals surface area contributed by atoms with Crippen LogP contribution in [-0.4, -0.2) is 35.1 Å². The molecule has 0 aliphatic carbocycles. The zero-order valence-electron chi connectivity index (χ0n) is 16.1. The number of rotatable bonds is 3. The number of hydrogen-bond donors (Lipinski definition) is 1. The third kappa shape index (κ3) is 4.74. The van der Waals surface area contributed by atoms with E-state index in [0.29, 0.717) is 6.54 Å². The zero-order valence-corrected chi connectivity index (χ0v) is 16.1. The fourth-order valence-corrected chi connectivity index (χ4v) is 3.23. The highest BCUT2D eigenvalue weighted by molar-refractivity contribution is 5.87. The maximum Gasteiger partial charge on any atom is 0.410 e. The maximum atomic E-state index is 13.0. The molecule has 1 saturated heterocycles. The van der Waals surface area contributed by atoms with Crippen LogP contribution in [0.1, 0.15) is 59.6 Å². The summed E-state index contributed by atoms with van der Waals surface area (Å²) in [6.45, 7) is 12.0. The molecular weight excluding hydrogens is 316 g/mol. The monoisotopic (exact) mass is 346 g/mol. The number of carbonyl (C=O) groups excluding carboxylic acids is 2. The lowest BCUT2D eigenvalue weighted by molar-refractivity contribution is -0.128. The summed E-state index contributed by atoms with van der Waals surface area (Å²) in [5.41, 5.74) is 0.162. The van der Waals surface area contributed by atoms with Crippen LogP contribution < -0.4 is 5.32 Å². The number of benzene rings is 1. The van der Waals surface area contributed by atoms with Gasteiger partial charge in [0.25, 0.3) is 0 Å². The van der Waals surface area contributed by atoms with Crippen LogP contribution in [0.15, 0.2) is 30.3 Å². The quantitative estimate of drug-likeness (QED) is 0.903. The van der Waals surface area contributed by atoms with Gasteiger partial charge in [0, 0.05) is 6.54 Å². The minimum atomic E-state index is -0.581. The Bertz CT molecular complexity index is 620. The summed E-state index contributed by atoms with van der Waals surface area (Å²) in [4.78, 5) is 27.1. The number of hydrogen-bond acceptors (Lipinski definition) is 3. The normalized spacial score (nSPS) is 20.9. The van der Waals surface area contributed by atoms with Gasteiger partial charge in [-0.1, -0.05) is 44.2 Å². The minimum Gasteiger partial charge on any atom is -0.444 e. The van der Waals surface area contributed by atoms with Crippen molar-refractivity contribution in [1.82, 2.24) is 10.2 Å². The second kappa shape index (κ2) is 7.06. The summed E-state index contributed by atoms with van der Waals surface area (Å²) in [5, 5.41) is 3.05. The predicted octanol–water partition coefficient (Wildman–Crippen LogP) is 3.90. The van der Waals surface area contributed by atoms with E-state index in [4.69, 9.17) is 4.74 Å². The van der Waals surface area contributed by atoms with Gasteiger partial charge in [-0.3, -0.25) is 9.69 Å². The van der Waals surface area contributed by atoms with E-state index in [1.807, 2.05) is 71.9 Å². The molecule has 1 aromatic rings. The van der Waals surface area contributed by atoms with E-state index in [-0.39, 0.29) is 17.4 Å². The standard InChI is InChI=1S/C20H30N2O3/c1-14(15-10-8-7-9-11-15)21-17(23)16-20(5,6)12-13-22(16)18(24)25-19(2,3)4/h7-11,14,16H,12-13H2,1-6H3,(H,21,23)/t14-,16+/m0/s1. The molecule has 5 nitrogen and oxygen atoms in total. The molecule has 1 fully saturated rings. The molecule has 1 aliphatic rings. The molecule has 25 heavy (non-hydrogen) atoms. The molecule has 0 spiro atoms. The topological polar surface area (TPSA) is 58.6 Å². The van der Waals surface area contributed by atoms with Gasteiger partial charge < -0.3 is 10.1 Å². The lowest BCUT2D eigenvalue weighted by Crippen LogP contribution is -2.52. The van der Waals surface area contributed by atoms with Gasteiger partial charge in [-0.2, -0.15) is 0 Å². The average Bonchev–Trinajstić information content (AvgIpc) is 2.82. The Morgan fingerprint density at radius 2 is 1.84 bits per heavy atom. The van der Waals surface area contributed by atoms with Crippen molar-refractivity contribution >= 4 is 12.0 Å². The smallest absolute Gasteiger partial charge is 0.410 e. The van der Waals surface area contributed by atoms with Gasteiger partial charge in [-0.25, -0.2) is 4.79 Å². The van der Waals surface area contributed by atoms with Crippen molar-refractivity contribution < 1.29 is 14.3 Å². The van der Waals surface area contributed by atoms with Crippen molar-refractivity contribution in [2.45, 2.75) is 65.6 Å². The molecule has 0 aromatic heterocycles. The molecule has 2 atom stereocenters. The Morgan fingerprint density at radius 3 is 2.40 bits per heavy atom. The van der Waals surface area contributed by atoms with Crippen LogP contribution in [0.5, 0.6) is 0 Å². The number of carbonyl (C=O) groups is 2. The minimum absolute atomic E-state index is 0.120. The first-order chi connectivity index (χ1) is 11.5. The molecule has 5 heteroatoms. The Morgan fingerprint density at radius 1 is 1.24 bits per heavy atom. The summed E-state index contributed by atoms with van der Waals surface area (Å²) < 4.78 is 5.49. The molecule has 0 unspecified atom stereocenters. The van der Waals surface area contributed by atoms with Gasteiger partial charge in [-0.15, -0.1) is 0 Å². The first kappa shape index (κ1) is 19.3. The molecule has 0 radical (unpaired) electrons. The Labute approximate surface area is 150 Å². The van der Waals surface area contributed by atoms with Gasteiger partial charge in [0.1, 0.15) is 11.6 Å². The first-order valence-corrected chi connectivity index (χ1v) is 8.86. The molecule has 1 aromatic carbocycles. The fraction of sp³-hybridized carbons (Fsp3) is 0.600. The van der Waals surface area contributed by atoms with Gasteiger partial charge in [0.05, 0.1) is 6.04 Å². The van der Waals surface area contributed by atoms with Gasteiger partial charge in [0.2, 0.25) is 5.91 Å². The van der Waals surface area contributed by atoms with E-state index in [2.05, 4.69) is 5.32 Å². The summed E-state index contributed by atoms with van der Waals surface area (Å²) in [7, 11) is 0. The van der Waals surface area contributed by atoms with Gasteiger partial charge in [-0.05, 0) is 45.1 Å². The lowest BCUT2D eigenvalue weighted by atomic mass is 9.84. The van der Waals surface area contributed by atoms with Crippen molar-refractivity contribution in [3.63, 3.8) is 0 Å². The van der Waals surface area contributed by atoms with Crippen molar-refractivity contribution in [1.29, 1.82) is 0 Å². The number of nitrogens with zero attached hydrogens (tertiary/aromatic N) is 1. The fourth-order valence-electron chi connectivity index (χ4n) is 3.23. The van der Waals surface area contributed by atoms with Gasteiger partial charge >= 0.3 is 6.09 Å². The summed E-state index contributed by atoms with van der Waals surface area (Å²) in [6.07, 6.45) is 0.343. The van der Waals surface area contributed by atoms with Crippen LogP contribution in [0.4, 0.5) is 4.79 Å². The van der Waals surface area contributed by atoms with Crippen LogP contribution in [0.3, 0.4) is 0 Å². The van der Waals surface area contributed by atoms with Gasteiger partial charge in [0.15, 0.2) is 0 Å². The highest BCUT2D eigenvalue weighted by Crippen LogP contribution is 2.37. The molecule has 1 N–H and O–H groups in total. The number of nitrogens with one attached hydrogen (secondary N) is 1. The Balaban J connectivity index is 2.14. The summed E-state index contributed by atoms with van der Waals surface area (Å²) in [6, 6.07) is 9.16. The van der Waals surface area contributed by atoms with E-state index in [0.717, 1.165) is 12.0 Å². The Hall–Kier alpha value is -2.04. The third-order valence-corrected chi connectivity index (χ3v) is 4.58. The van der Waals surface area contributed by atoms with E-state index in [1.54, 1.807) is 4.90 Å². The molecule has 1 aliphatic heterocycles.